The van der Waals surface area contributed by atoms with Crippen molar-refractivity contribution < 1.29 is 0 Å². The summed E-state index contributed by atoms with van der Waals surface area (Å²) in [5.74, 6) is 2.00. The standard InChI is InChI=1S/C18H25N3/c1-14-5-4-6-16(8-7-14)17-13-21-10-9-15(12-20(2)3)11-18(21)19-17/h5-8,13,15H,4,9-12H2,1-3H3. The zero-order valence-corrected chi connectivity index (χ0v) is 13.3. The maximum Gasteiger partial charge on any atom is 0.109 e. The highest BCUT2D eigenvalue weighted by atomic mass is 15.1. The third-order valence-corrected chi connectivity index (χ3v) is 4.33. The molecule has 0 saturated heterocycles. The lowest BCUT2D eigenvalue weighted by Crippen LogP contribution is -2.28. The topological polar surface area (TPSA) is 21.1 Å². The van der Waals surface area contributed by atoms with Gasteiger partial charge in [0.15, 0.2) is 0 Å². The molecule has 0 fully saturated rings. The molecule has 0 N–H and O–H groups in total. The summed E-state index contributed by atoms with van der Waals surface area (Å²) in [6.07, 6.45) is 14.5. The van der Waals surface area contributed by atoms with Crippen LogP contribution in [0.4, 0.5) is 0 Å². The molecule has 0 bridgehead atoms. The Morgan fingerprint density at radius 3 is 2.95 bits per heavy atom. The van der Waals surface area contributed by atoms with Crippen molar-refractivity contribution in [3.63, 3.8) is 0 Å². The van der Waals surface area contributed by atoms with Crippen LogP contribution < -0.4 is 0 Å². The predicted molar refractivity (Wildman–Crippen MR) is 88.1 cm³/mol. The fourth-order valence-electron chi connectivity index (χ4n) is 3.22. The minimum absolute atomic E-state index is 0.741. The van der Waals surface area contributed by atoms with Crippen LogP contribution in [0.3, 0.4) is 0 Å². The van der Waals surface area contributed by atoms with Gasteiger partial charge in [-0.2, -0.15) is 0 Å². The SMILES string of the molecule is CC1=CCC=C(c2cn3c(n2)CC(CN(C)C)CC3)C=C1. The Hall–Kier alpha value is -1.61. The Morgan fingerprint density at radius 1 is 1.29 bits per heavy atom. The zero-order valence-electron chi connectivity index (χ0n) is 13.3. The molecular formula is C18H25N3. The first-order valence-corrected chi connectivity index (χ1v) is 7.88. The molecule has 3 heteroatoms. The number of hydrogen-bond donors (Lipinski definition) is 0. The van der Waals surface area contributed by atoms with E-state index in [0.29, 0.717) is 0 Å². The number of imidazole rings is 1. The van der Waals surface area contributed by atoms with E-state index < -0.39 is 0 Å². The van der Waals surface area contributed by atoms with Crippen molar-refractivity contribution in [2.75, 3.05) is 20.6 Å². The van der Waals surface area contributed by atoms with E-state index in [1.807, 2.05) is 0 Å². The van der Waals surface area contributed by atoms with Crippen LogP contribution in [0.25, 0.3) is 5.57 Å². The molecule has 1 aliphatic heterocycles. The van der Waals surface area contributed by atoms with E-state index in [2.05, 4.69) is 61.0 Å². The minimum atomic E-state index is 0.741. The second-order valence-electron chi connectivity index (χ2n) is 6.53. The van der Waals surface area contributed by atoms with Crippen LogP contribution in [0.1, 0.15) is 31.3 Å². The molecular weight excluding hydrogens is 258 g/mol. The lowest BCUT2D eigenvalue weighted by Gasteiger charge is -2.25. The highest BCUT2D eigenvalue weighted by Crippen LogP contribution is 2.25. The van der Waals surface area contributed by atoms with Crippen LogP contribution in [0, 0.1) is 5.92 Å². The highest BCUT2D eigenvalue weighted by Gasteiger charge is 2.21. The van der Waals surface area contributed by atoms with Crippen LogP contribution in [-0.2, 0) is 13.0 Å². The quantitative estimate of drug-likeness (QED) is 0.848. The summed E-state index contributed by atoms with van der Waals surface area (Å²) in [6.45, 7) is 4.42. The van der Waals surface area contributed by atoms with Gasteiger partial charge >= 0.3 is 0 Å². The van der Waals surface area contributed by atoms with Gasteiger partial charge in [0, 0.05) is 25.7 Å². The Morgan fingerprint density at radius 2 is 2.14 bits per heavy atom. The smallest absolute Gasteiger partial charge is 0.109 e. The molecule has 1 aromatic heterocycles. The second kappa shape index (κ2) is 6.02. The molecule has 1 aliphatic carbocycles. The summed E-state index contributed by atoms with van der Waals surface area (Å²) in [5, 5.41) is 0. The first kappa shape index (κ1) is 14.3. The van der Waals surface area contributed by atoms with Crippen LogP contribution >= 0.6 is 0 Å². The van der Waals surface area contributed by atoms with E-state index in [-0.39, 0.29) is 0 Å². The zero-order chi connectivity index (χ0) is 14.8. The van der Waals surface area contributed by atoms with Gasteiger partial charge in [0.25, 0.3) is 0 Å². The molecule has 21 heavy (non-hydrogen) atoms. The third-order valence-electron chi connectivity index (χ3n) is 4.33. The molecule has 3 nitrogen and oxygen atoms in total. The van der Waals surface area contributed by atoms with E-state index in [1.54, 1.807) is 0 Å². The van der Waals surface area contributed by atoms with Crippen molar-refractivity contribution in [2.24, 2.45) is 5.92 Å². The summed E-state index contributed by atoms with van der Waals surface area (Å²) >= 11 is 0. The Balaban J connectivity index is 1.78. The van der Waals surface area contributed by atoms with Crippen molar-refractivity contribution in [3.05, 3.63) is 47.6 Å². The molecule has 0 radical (unpaired) electrons. The van der Waals surface area contributed by atoms with Crippen molar-refractivity contribution in [2.45, 2.75) is 32.7 Å². The first-order valence-electron chi connectivity index (χ1n) is 7.88. The summed E-state index contributed by atoms with van der Waals surface area (Å²) in [5.41, 5.74) is 3.72. The molecule has 1 aromatic rings. The van der Waals surface area contributed by atoms with Gasteiger partial charge < -0.3 is 9.47 Å². The lowest BCUT2D eigenvalue weighted by molar-refractivity contribution is 0.277. The Labute approximate surface area is 127 Å². The number of nitrogens with zero attached hydrogens (tertiary/aromatic N) is 3. The molecule has 2 heterocycles. The summed E-state index contributed by atoms with van der Waals surface area (Å²) in [6, 6.07) is 0. The van der Waals surface area contributed by atoms with E-state index in [1.165, 1.54) is 23.4 Å². The normalized spacial score (nSPS) is 21.8. The molecule has 0 spiro atoms. The van der Waals surface area contributed by atoms with Gasteiger partial charge in [0.05, 0.1) is 5.69 Å². The summed E-state index contributed by atoms with van der Waals surface area (Å²) in [4.78, 5) is 7.19. The van der Waals surface area contributed by atoms with E-state index in [0.717, 1.165) is 37.5 Å². The summed E-state index contributed by atoms with van der Waals surface area (Å²) < 4.78 is 2.35. The van der Waals surface area contributed by atoms with Gasteiger partial charge in [-0.1, -0.05) is 29.9 Å². The number of aryl methyl sites for hydroxylation is 1. The maximum absolute atomic E-state index is 4.90. The number of aromatic nitrogens is 2. The number of hydrogen-bond acceptors (Lipinski definition) is 2. The monoisotopic (exact) mass is 283 g/mol. The molecule has 0 saturated carbocycles. The highest BCUT2D eigenvalue weighted by molar-refractivity contribution is 5.73. The van der Waals surface area contributed by atoms with Crippen molar-refractivity contribution in [1.29, 1.82) is 0 Å². The van der Waals surface area contributed by atoms with Gasteiger partial charge in [-0.15, -0.1) is 0 Å². The third kappa shape index (κ3) is 3.35. The number of allylic oxidation sites excluding steroid dienone is 6. The first-order chi connectivity index (χ1) is 10.1. The summed E-state index contributed by atoms with van der Waals surface area (Å²) in [7, 11) is 4.31. The number of rotatable bonds is 3. The van der Waals surface area contributed by atoms with Gasteiger partial charge in [-0.25, -0.2) is 4.98 Å². The molecule has 1 unspecified atom stereocenters. The largest absolute Gasteiger partial charge is 0.334 e. The molecule has 1 atom stereocenters. The Kier molecular flexibility index (Phi) is 4.11. The van der Waals surface area contributed by atoms with E-state index >= 15 is 0 Å². The van der Waals surface area contributed by atoms with Crippen molar-refractivity contribution >= 4 is 5.57 Å². The molecule has 0 aromatic carbocycles. The fourth-order valence-corrected chi connectivity index (χ4v) is 3.22. The maximum atomic E-state index is 4.90. The average Bonchev–Trinajstić information content (AvgIpc) is 2.72. The van der Waals surface area contributed by atoms with Gasteiger partial charge in [0.1, 0.15) is 5.82 Å². The van der Waals surface area contributed by atoms with Crippen molar-refractivity contribution in [3.8, 4) is 0 Å². The van der Waals surface area contributed by atoms with E-state index in [9.17, 15) is 0 Å². The van der Waals surface area contributed by atoms with E-state index in [4.69, 9.17) is 4.98 Å². The second-order valence-corrected chi connectivity index (χ2v) is 6.53. The van der Waals surface area contributed by atoms with Crippen molar-refractivity contribution in [1.82, 2.24) is 14.5 Å². The van der Waals surface area contributed by atoms with Gasteiger partial charge in [-0.05, 0) is 45.4 Å². The molecule has 3 rings (SSSR count). The minimum Gasteiger partial charge on any atom is -0.334 e. The van der Waals surface area contributed by atoms with Crippen LogP contribution in [0.15, 0.2) is 36.1 Å². The fraction of sp³-hybridized carbons (Fsp3) is 0.500. The van der Waals surface area contributed by atoms with Crippen LogP contribution in [0.2, 0.25) is 0 Å². The molecule has 112 valence electrons. The Bertz CT molecular complexity index is 602. The molecule has 2 aliphatic rings. The van der Waals surface area contributed by atoms with Gasteiger partial charge in [0.2, 0.25) is 0 Å². The van der Waals surface area contributed by atoms with Crippen LogP contribution in [-0.4, -0.2) is 35.1 Å². The number of fused-ring (bicyclic) bond motifs is 1. The molecule has 0 amide bonds. The average molecular weight is 283 g/mol. The van der Waals surface area contributed by atoms with Gasteiger partial charge in [-0.3, -0.25) is 0 Å². The van der Waals surface area contributed by atoms with Crippen LogP contribution in [0.5, 0.6) is 0 Å². The lowest BCUT2D eigenvalue weighted by atomic mass is 9.97. The predicted octanol–water partition coefficient (Wildman–Crippen LogP) is 3.30.